The van der Waals surface area contributed by atoms with Crippen molar-refractivity contribution in [2.75, 3.05) is 13.2 Å². The first-order valence-corrected chi connectivity index (χ1v) is 8.97. The van der Waals surface area contributed by atoms with Crippen molar-refractivity contribution < 1.29 is 14.3 Å². The lowest BCUT2D eigenvalue weighted by Gasteiger charge is -2.32. The molecule has 2 atom stereocenters. The van der Waals surface area contributed by atoms with E-state index in [0.29, 0.717) is 42.7 Å². The van der Waals surface area contributed by atoms with Gasteiger partial charge in [0.05, 0.1) is 24.3 Å². The Morgan fingerprint density at radius 3 is 2.77 bits per heavy atom. The van der Waals surface area contributed by atoms with Gasteiger partial charge >= 0.3 is 0 Å². The van der Waals surface area contributed by atoms with Crippen molar-refractivity contribution >= 4 is 5.91 Å². The molecule has 1 aliphatic carbocycles. The Kier molecular flexibility index (Phi) is 4.63. The molecule has 2 aliphatic rings. The molecule has 1 N–H and O–H groups in total. The van der Waals surface area contributed by atoms with Crippen LogP contribution in [0.3, 0.4) is 0 Å². The molecule has 2 aromatic rings. The van der Waals surface area contributed by atoms with Gasteiger partial charge in [-0.1, -0.05) is 0 Å². The van der Waals surface area contributed by atoms with Gasteiger partial charge in [0.15, 0.2) is 0 Å². The molecule has 2 fully saturated rings. The van der Waals surface area contributed by atoms with E-state index in [1.165, 1.54) is 0 Å². The van der Waals surface area contributed by atoms with E-state index >= 15 is 0 Å². The number of aromatic nitrogens is 1. The first-order chi connectivity index (χ1) is 12.7. The molecule has 1 amide bonds. The zero-order chi connectivity index (χ0) is 17.9. The predicted molar refractivity (Wildman–Crippen MR) is 95.0 cm³/mol. The van der Waals surface area contributed by atoms with Crippen LogP contribution in [0, 0.1) is 11.3 Å². The molecule has 1 aromatic heterocycles. The number of hydrogen-bond acceptors (Lipinski definition) is 4. The summed E-state index contributed by atoms with van der Waals surface area (Å²) < 4.78 is 13.6. The Bertz CT molecular complexity index is 818. The number of carbonyl (C=O) groups is 1. The lowest BCUT2D eigenvalue weighted by atomic mass is 10.1. The summed E-state index contributed by atoms with van der Waals surface area (Å²) in [5.74, 6) is 0.599. The number of hydrogen-bond donors (Lipinski definition) is 1. The number of carbonyl (C=O) groups excluding carboxylic acids is 1. The molecule has 6 heteroatoms. The lowest BCUT2D eigenvalue weighted by molar-refractivity contribution is -0.0135. The molecule has 1 saturated heterocycles. The van der Waals surface area contributed by atoms with Crippen molar-refractivity contribution in [3.05, 3.63) is 53.9 Å². The van der Waals surface area contributed by atoms with E-state index in [9.17, 15) is 4.79 Å². The Hall–Kier alpha value is -2.78. The van der Waals surface area contributed by atoms with Crippen LogP contribution >= 0.6 is 0 Å². The third-order valence-electron chi connectivity index (χ3n) is 4.84. The monoisotopic (exact) mass is 351 g/mol. The Balaban J connectivity index is 1.44. The van der Waals surface area contributed by atoms with Gasteiger partial charge in [-0.2, -0.15) is 5.26 Å². The highest BCUT2D eigenvalue weighted by Gasteiger charge is 2.31. The quantitative estimate of drug-likeness (QED) is 0.898. The summed E-state index contributed by atoms with van der Waals surface area (Å²) in [5.41, 5.74) is 1.29. The zero-order valence-corrected chi connectivity index (χ0v) is 14.4. The average Bonchev–Trinajstić information content (AvgIpc) is 3.40. The third-order valence-corrected chi connectivity index (χ3v) is 4.84. The molecule has 2 heterocycles. The molecule has 26 heavy (non-hydrogen) atoms. The van der Waals surface area contributed by atoms with Gasteiger partial charge in [-0.15, -0.1) is 0 Å². The normalized spacial score (nSPS) is 22.4. The number of rotatable bonds is 5. The minimum absolute atomic E-state index is 0.0674. The highest BCUT2D eigenvalue weighted by Crippen LogP contribution is 2.36. The molecule has 1 aromatic carbocycles. The number of ether oxygens (including phenoxy) is 2. The summed E-state index contributed by atoms with van der Waals surface area (Å²) in [6, 6.07) is 13.2. The van der Waals surface area contributed by atoms with E-state index in [1.54, 1.807) is 24.3 Å². The van der Waals surface area contributed by atoms with Crippen LogP contribution in [0.25, 0.3) is 0 Å². The van der Waals surface area contributed by atoms with E-state index in [0.717, 1.165) is 12.8 Å². The summed E-state index contributed by atoms with van der Waals surface area (Å²) in [7, 11) is 0. The maximum Gasteiger partial charge on any atom is 0.268 e. The van der Waals surface area contributed by atoms with Crippen molar-refractivity contribution in [2.45, 2.75) is 37.5 Å². The first-order valence-electron chi connectivity index (χ1n) is 8.97. The standard InChI is InChI=1S/C20H21N3O3/c21-12-14-3-7-16(8-4-14)26-19-13-25-11-9-17(19)22-20(24)18-2-1-10-23(18)15-5-6-15/h1-4,7-8,10,15,17,19H,5-6,9,11,13H2,(H,22,24)/t17-,19-/m1/s1. The predicted octanol–water partition coefficient (Wildman–Crippen LogP) is 2.66. The molecule has 0 bridgehead atoms. The van der Waals surface area contributed by atoms with Gasteiger partial charge in [0.1, 0.15) is 17.5 Å². The highest BCUT2D eigenvalue weighted by atomic mass is 16.5. The van der Waals surface area contributed by atoms with Gasteiger partial charge in [-0.3, -0.25) is 4.79 Å². The number of nitriles is 1. The summed E-state index contributed by atoms with van der Waals surface area (Å²) >= 11 is 0. The van der Waals surface area contributed by atoms with Crippen molar-refractivity contribution in [1.29, 1.82) is 5.26 Å². The topological polar surface area (TPSA) is 76.3 Å². The van der Waals surface area contributed by atoms with Gasteiger partial charge in [0.25, 0.3) is 5.91 Å². The number of amides is 1. The summed E-state index contributed by atoms with van der Waals surface area (Å²) in [4.78, 5) is 12.7. The smallest absolute Gasteiger partial charge is 0.268 e. The number of benzene rings is 1. The highest BCUT2D eigenvalue weighted by molar-refractivity contribution is 5.93. The average molecular weight is 351 g/mol. The SMILES string of the molecule is N#Cc1ccc(O[C@@H]2COCC[C@H]2NC(=O)c2cccn2C2CC2)cc1. The number of nitrogens with zero attached hydrogens (tertiary/aromatic N) is 2. The van der Waals surface area contributed by atoms with E-state index in [2.05, 4.69) is 16.0 Å². The minimum Gasteiger partial charge on any atom is -0.486 e. The Morgan fingerprint density at radius 1 is 1.23 bits per heavy atom. The second-order valence-corrected chi connectivity index (χ2v) is 6.77. The van der Waals surface area contributed by atoms with Crippen LogP contribution in [-0.2, 0) is 4.74 Å². The zero-order valence-electron chi connectivity index (χ0n) is 14.4. The van der Waals surface area contributed by atoms with Crippen LogP contribution in [0.2, 0.25) is 0 Å². The number of nitrogens with one attached hydrogen (secondary N) is 1. The minimum atomic E-state index is -0.259. The molecule has 134 valence electrons. The molecule has 0 spiro atoms. The molecular formula is C20H21N3O3. The first kappa shape index (κ1) is 16.7. The van der Waals surface area contributed by atoms with Crippen molar-refractivity contribution in [3.63, 3.8) is 0 Å². The van der Waals surface area contributed by atoms with Gasteiger partial charge in [0.2, 0.25) is 0 Å². The van der Waals surface area contributed by atoms with Crippen LogP contribution in [0.1, 0.15) is 41.4 Å². The second-order valence-electron chi connectivity index (χ2n) is 6.77. The summed E-state index contributed by atoms with van der Waals surface area (Å²) in [6.07, 6.45) is 4.69. The van der Waals surface area contributed by atoms with E-state index in [-0.39, 0.29) is 18.1 Å². The second kappa shape index (κ2) is 7.22. The van der Waals surface area contributed by atoms with Crippen molar-refractivity contribution in [3.8, 4) is 11.8 Å². The molecule has 4 rings (SSSR count). The molecule has 0 radical (unpaired) electrons. The third kappa shape index (κ3) is 3.58. The molecule has 6 nitrogen and oxygen atoms in total. The van der Waals surface area contributed by atoms with Gasteiger partial charge in [-0.05, 0) is 55.7 Å². The van der Waals surface area contributed by atoms with Crippen molar-refractivity contribution in [2.24, 2.45) is 0 Å². The fraction of sp³-hybridized carbons (Fsp3) is 0.400. The summed E-state index contributed by atoms with van der Waals surface area (Å²) in [6.45, 7) is 1.02. The van der Waals surface area contributed by atoms with Crippen LogP contribution < -0.4 is 10.1 Å². The molecule has 1 saturated carbocycles. The van der Waals surface area contributed by atoms with E-state index in [4.69, 9.17) is 14.7 Å². The van der Waals surface area contributed by atoms with Crippen molar-refractivity contribution in [1.82, 2.24) is 9.88 Å². The van der Waals surface area contributed by atoms with Gasteiger partial charge in [0, 0.05) is 18.8 Å². The fourth-order valence-electron chi connectivity index (χ4n) is 3.28. The Morgan fingerprint density at radius 2 is 2.04 bits per heavy atom. The maximum atomic E-state index is 12.7. The Labute approximate surface area is 152 Å². The maximum absolute atomic E-state index is 12.7. The van der Waals surface area contributed by atoms with Gasteiger partial charge in [-0.25, -0.2) is 0 Å². The molecule has 1 aliphatic heterocycles. The van der Waals surface area contributed by atoms with Crippen LogP contribution in [0.15, 0.2) is 42.6 Å². The van der Waals surface area contributed by atoms with E-state index in [1.807, 2.05) is 18.3 Å². The summed E-state index contributed by atoms with van der Waals surface area (Å²) in [5, 5.41) is 12.0. The largest absolute Gasteiger partial charge is 0.486 e. The van der Waals surface area contributed by atoms with E-state index < -0.39 is 0 Å². The van der Waals surface area contributed by atoms with Gasteiger partial charge < -0.3 is 19.4 Å². The lowest BCUT2D eigenvalue weighted by Crippen LogP contribution is -2.51. The molecule has 0 unspecified atom stereocenters. The fourth-order valence-corrected chi connectivity index (χ4v) is 3.28. The van der Waals surface area contributed by atoms with Crippen LogP contribution in [0.4, 0.5) is 0 Å². The van der Waals surface area contributed by atoms with Crippen LogP contribution in [-0.4, -0.2) is 35.8 Å². The van der Waals surface area contributed by atoms with Crippen LogP contribution in [0.5, 0.6) is 5.75 Å². The molecular weight excluding hydrogens is 330 g/mol.